The summed E-state index contributed by atoms with van der Waals surface area (Å²) in [6.45, 7) is 1.30. The molecule has 0 heterocycles. The molecule has 68 valence electrons. The molecule has 0 amide bonds. The average molecular weight is 203 g/mol. The lowest BCUT2D eigenvalue weighted by molar-refractivity contribution is 0.113. The van der Waals surface area contributed by atoms with Crippen molar-refractivity contribution < 1.29 is 18.7 Å². The van der Waals surface area contributed by atoms with Gasteiger partial charge in [-0.15, -0.1) is 11.6 Å². The lowest BCUT2D eigenvalue weighted by Gasteiger charge is -2.27. The van der Waals surface area contributed by atoms with E-state index in [2.05, 4.69) is 9.05 Å². The van der Waals surface area contributed by atoms with Crippen LogP contribution in [0.1, 0.15) is 6.92 Å². The summed E-state index contributed by atoms with van der Waals surface area (Å²) in [7, 11) is -1.06. The first-order valence-corrected chi connectivity index (χ1v) is 5.01. The average Bonchev–Trinajstić information content (AvgIpc) is 2.02. The van der Waals surface area contributed by atoms with E-state index in [9.17, 15) is 9.67 Å². The minimum absolute atomic E-state index is 0.202. The molecule has 0 radical (unpaired) electrons. The first kappa shape index (κ1) is 11.4. The predicted molar refractivity (Wildman–Crippen MR) is 43.0 cm³/mol. The van der Waals surface area contributed by atoms with Crippen molar-refractivity contribution in [3.63, 3.8) is 0 Å². The highest BCUT2D eigenvalue weighted by Gasteiger charge is 2.43. The number of hydrogen-bond acceptors (Lipinski definition) is 4. The fraction of sp³-hybridized carbons (Fsp3) is 1.00. The molecule has 0 aliphatic rings. The molecule has 1 atom stereocenters. The standard InChI is InChI=1S/C5H12ClO4P/c1-5(7,4-6)11(8,9-2)10-3/h7H,4H2,1-3H3. The highest BCUT2D eigenvalue weighted by atomic mass is 35.5. The number of hydrogen-bond donors (Lipinski definition) is 1. The van der Waals surface area contributed by atoms with Gasteiger partial charge >= 0.3 is 7.60 Å². The van der Waals surface area contributed by atoms with Gasteiger partial charge in [0.15, 0.2) is 5.34 Å². The van der Waals surface area contributed by atoms with Gasteiger partial charge in [0.05, 0.1) is 5.88 Å². The van der Waals surface area contributed by atoms with Crippen molar-refractivity contribution >= 4 is 19.2 Å². The summed E-state index contributed by atoms with van der Waals surface area (Å²) in [5.74, 6) is -0.202. The molecular weight excluding hydrogens is 190 g/mol. The Hall–Kier alpha value is 0.400. The van der Waals surface area contributed by atoms with Gasteiger partial charge in [0.1, 0.15) is 0 Å². The fourth-order valence-corrected chi connectivity index (χ4v) is 2.06. The van der Waals surface area contributed by atoms with Gasteiger partial charge in [0, 0.05) is 14.2 Å². The van der Waals surface area contributed by atoms with E-state index in [1.807, 2.05) is 0 Å². The molecule has 0 rings (SSSR count). The summed E-state index contributed by atoms with van der Waals surface area (Å²) in [6, 6.07) is 0. The van der Waals surface area contributed by atoms with Crippen molar-refractivity contribution in [2.75, 3.05) is 20.1 Å². The van der Waals surface area contributed by atoms with Crippen LogP contribution in [-0.4, -0.2) is 30.5 Å². The van der Waals surface area contributed by atoms with E-state index in [-0.39, 0.29) is 5.88 Å². The summed E-state index contributed by atoms with van der Waals surface area (Å²) in [4.78, 5) is 0. The summed E-state index contributed by atoms with van der Waals surface area (Å²) in [5.41, 5.74) is 0. The van der Waals surface area contributed by atoms with E-state index in [4.69, 9.17) is 11.6 Å². The topological polar surface area (TPSA) is 55.8 Å². The first-order chi connectivity index (χ1) is 4.93. The molecule has 0 saturated heterocycles. The molecular formula is C5H12ClO4P. The maximum atomic E-state index is 11.4. The van der Waals surface area contributed by atoms with E-state index in [0.717, 1.165) is 0 Å². The minimum Gasteiger partial charge on any atom is -0.377 e. The Kier molecular flexibility index (Phi) is 4.02. The summed E-state index contributed by atoms with van der Waals surface area (Å²) < 4.78 is 20.5. The summed E-state index contributed by atoms with van der Waals surface area (Å²) >= 11 is 5.35. The predicted octanol–water partition coefficient (Wildman–Crippen LogP) is 1.42. The molecule has 0 bridgehead atoms. The van der Waals surface area contributed by atoms with Gasteiger partial charge in [-0.2, -0.15) is 0 Å². The Morgan fingerprint density at radius 1 is 1.55 bits per heavy atom. The maximum absolute atomic E-state index is 11.4. The second-order valence-electron chi connectivity index (χ2n) is 2.21. The molecule has 0 spiro atoms. The fourth-order valence-electron chi connectivity index (χ4n) is 0.541. The Balaban J connectivity index is 4.63. The normalized spacial score (nSPS) is 17.9. The highest BCUT2D eigenvalue weighted by Crippen LogP contribution is 2.57. The Labute approximate surface area is 71.0 Å². The first-order valence-electron chi connectivity index (χ1n) is 2.93. The van der Waals surface area contributed by atoms with Crippen LogP contribution in [0.15, 0.2) is 0 Å². The molecule has 0 aromatic rings. The minimum atomic E-state index is -3.46. The SMILES string of the molecule is COP(=O)(OC)C(C)(O)CCl. The second-order valence-corrected chi connectivity index (χ2v) is 5.17. The smallest absolute Gasteiger partial charge is 0.362 e. The van der Waals surface area contributed by atoms with Crippen LogP contribution in [0.3, 0.4) is 0 Å². The van der Waals surface area contributed by atoms with Crippen molar-refractivity contribution in [2.24, 2.45) is 0 Å². The third-order valence-electron chi connectivity index (χ3n) is 1.32. The van der Waals surface area contributed by atoms with Crippen molar-refractivity contribution in [2.45, 2.75) is 12.3 Å². The van der Waals surface area contributed by atoms with E-state index >= 15 is 0 Å². The monoisotopic (exact) mass is 202 g/mol. The van der Waals surface area contributed by atoms with E-state index in [1.165, 1.54) is 21.1 Å². The van der Waals surface area contributed by atoms with E-state index in [0.29, 0.717) is 0 Å². The van der Waals surface area contributed by atoms with Gasteiger partial charge < -0.3 is 14.2 Å². The molecule has 0 aromatic carbocycles. The summed E-state index contributed by atoms with van der Waals surface area (Å²) in [5, 5.41) is 7.77. The highest BCUT2D eigenvalue weighted by molar-refractivity contribution is 7.55. The Morgan fingerprint density at radius 3 is 2.00 bits per heavy atom. The van der Waals surface area contributed by atoms with Crippen LogP contribution in [0.5, 0.6) is 0 Å². The number of alkyl halides is 1. The third kappa shape index (κ3) is 2.17. The molecule has 6 heteroatoms. The van der Waals surface area contributed by atoms with Crippen molar-refractivity contribution in [1.29, 1.82) is 0 Å². The van der Waals surface area contributed by atoms with Crippen LogP contribution >= 0.6 is 19.2 Å². The van der Waals surface area contributed by atoms with Crippen LogP contribution in [0.4, 0.5) is 0 Å². The van der Waals surface area contributed by atoms with Crippen LogP contribution in [0.25, 0.3) is 0 Å². The van der Waals surface area contributed by atoms with Crippen LogP contribution in [0.2, 0.25) is 0 Å². The zero-order chi connectivity index (χ0) is 9.12. The quantitative estimate of drug-likeness (QED) is 0.553. The molecule has 0 saturated carbocycles. The molecule has 0 aliphatic heterocycles. The van der Waals surface area contributed by atoms with Crippen LogP contribution in [-0.2, 0) is 13.6 Å². The van der Waals surface area contributed by atoms with Crippen LogP contribution < -0.4 is 0 Å². The molecule has 0 fully saturated rings. The molecule has 0 aromatic heterocycles. The number of rotatable bonds is 4. The zero-order valence-corrected chi connectivity index (χ0v) is 8.35. The zero-order valence-electron chi connectivity index (χ0n) is 6.70. The van der Waals surface area contributed by atoms with Crippen molar-refractivity contribution in [3.05, 3.63) is 0 Å². The molecule has 1 N–H and O–H groups in total. The molecule has 4 nitrogen and oxygen atoms in total. The van der Waals surface area contributed by atoms with Gasteiger partial charge in [0.2, 0.25) is 0 Å². The lowest BCUT2D eigenvalue weighted by Crippen LogP contribution is -2.27. The van der Waals surface area contributed by atoms with E-state index in [1.54, 1.807) is 0 Å². The van der Waals surface area contributed by atoms with Crippen molar-refractivity contribution in [1.82, 2.24) is 0 Å². The Bertz CT molecular complexity index is 162. The Morgan fingerprint density at radius 2 is 1.91 bits per heavy atom. The molecule has 1 unspecified atom stereocenters. The van der Waals surface area contributed by atoms with Gasteiger partial charge in [-0.05, 0) is 6.92 Å². The number of aliphatic hydroxyl groups is 1. The van der Waals surface area contributed by atoms with E-state index < -0.39 is 12.9 Å². The van der Waals surface area contributed by atoms with Gasteiger partial charge in [-0.3, -0.25) is 4.57 Å². The van der Waals surface area contributed by atoms with Crippen LogP contribution in [0, 0.1) is 0 Å². The molecule has 0 aliphatic carbocycles. The van der Waals surface area contributed by atoms with Crippen molar-refractivity contribution in [3.8, 4) is 0 Å². The third-order valence-corrected chi connectivity index (χ3v) is 4.33. The van der Waals surface area contributed by atoms with Gasteiger partial charge in [-0.1, -0.05) is 0 Å². The lowest BCUT2D eigenvalue weighted by atomic mass is 10.5. The largest absolute Gasteiger partial charge is 0.377 e. The summed E-state index contributed by atoms with van der Waals surface area (Å²) in [6.07, 6.45) is 0. The van der Waals surface area contributed by atoms with Gasteiger partial charge in [0.25, 0.3) is 0 Å². The number of halogens is 1. The van der Waals surface area contributed by atoms with Gasteiger partial charge in [-0.25, -0.2) is 0 Å². The maximum Gasteiger partial charge on any atom is 0.362 e. The molecule has 11 heavy (non-hydrogen) atoms. The second kappa shape index (κ2) is 3.87.